The van der Waals surface area contributed by atoms with Gasteiger partial charge in [0.25, 0.3) is 0 Å². The molecule has 0 unspecified atom stereocenters. The van der Waals surface area contributed by atoms with Crippen LogP contribution in [0.1, 0.15) is 10.6 Å². The Morgan fingerprint density at radius 2 is 2.25 bits per heavy atom. The molecule has 3 aromatic heterocycles. The van der Waals surface area contributed by atoms with E-state index >= 15 is 0 Å². The number of aryl methyl sites for hydroxylation is 1. The van der Waals surface area contributed by atoms with Gasteiger partial charge in [-0.05, 0) is 0 Å². The summed E-state index contributed by atoms with van der Waals surface area (Å²) in [6.45, 7) is 0. The maximum absolute atomic E-state index is 5.93. The molecule has 20 heavy (non-hydrogen) atoms. The van der Waals surface area contributed by atoms with Crippen LogP contribution in [0.4, 0.5) is 5.95 Å². The van der Waals surface area contributed by atoms with Crippen LogP contribution >= 0.6 is 22.9 Å². The van der Waals surface area contributed by atoms with Crippen LogP contribution in [0.5, 0.6) is 0 Å². The molecule has 0 bridgehead atoms. The quantitative estimate of drug-likeness (QED) is 0.750. The fourth-order valence-electron chi connectivity index (χ4n) is 1.94. The molecule has 0 aromatic carbocycles. The molecule has 0 saturated heterocycles. The average molecular weight is 307 g/mol. The van der Waals surface area contributed by atoms with Crippen LogP contribution in [0.2, 0.25) is 5.15 Å². The van der Waals surface area contributed by atoms with Gasteiger partial charge in [0.05, 0.1) is 10.7 Å². The first-order valence-corrected chi connectivity index (χ1v) is 7.09. The van der Waals surface area contributed by atoms with E-state index in [4.69, 9.17) is 17.3 Å². The van der Waals surface area contributed by atoms with Gasteiger partial charge < -0.3 is 5.73 Å². The van der Waals surface area contributed by atoms with Crippen molar-refractivity contribution in [2.75, 3.05) is 5.73 Å². The highest BCUT2D eigenvalue weighted by atomic mass is 35.5. The summed E-state index contributed by atoms with van der Waals surface area (Å²) in [5.74, 6) is 0.137. The zero-order valence-electron chi connectivity index (χ0n) is 10.6. The highest BCUT2D eigenvalue weighted by Gasteiger charge is 2.14. The van der Waals surface area contributed by atoms with Gasteiger partial charge in [0.15, 0.2) is 0 Å². The molecule has 8 heteroatoms. The van der Waals surface area contributed by atoms with E-state index in [2.05, 4.69) is 20.1 Å². The fourth-order valence-corrected chi connectivity index (χ4v) is 2.77. The summed E-state index contributed by atoms with van der Waals surface area (Å²) in [4.78, 5) is 12.3. The number of nitrogens with zero attached hydrogens (tertiary/aromatic N) is 5. The van der Waals surface area contributed by atoms with E-state index in [0.717, 1.165) is 16.3 Å². The van der Waals surface area contributed by atoms with Crippen molar-refractivity contribution >= 4 is 28.9 Å². The number of hydrogen-bond acceptors (Lipinski definition) is 6. The van der Waals surface area contributed by atoms with Crippen molar-refractivity contribution in [3.05, 3.63) is 39.6 Å². The molecule has 0 aliphatic rings. The lowest BCUT2D eigenvalue weighted by molar-refractivity contribution is 0.769. The minimum atomic E-state index is 0.137. The third-order valence-electron chi connectivity index (χ3n) is 2.68. The second kappa shape index (κ2) is 5.18. The van der Waals surface area contributed by atoms with E-state index in [1.165, 1.54) is 0 Å². The Morgan fingerprint density at radius 3 is 2.95 bits per heavy atom. The lowest BCUT2D eigenvalue weighted by Crippen LogP contribution is -1.98. The molecule has 0 amide bonds. The van der Waals surface area contributed by atoms with E-state index in [-0.39, 0.29) is 5.95 Å². The molecule has 2 N–H and O–H groups in total. The number of rotatable bonds is 3. The van der Waals surface area contributed by atoms with Crippen molar-refractivity contribution in [1.29, 1.82) is 0 Å². The predicted octanol–water partition coefficient (Wildman–Crippen LogP) is 2.16. The van der Waals surface area contributed by atoms with Crippen molar-refractivity contribution in [1.82, 2.24) is 24.7 Å². The molecule has 0 spiro atoms. The molecular formula is C12H11ClN6S. The Kier molecular flexibility index (Phi) is 3.37. The summed E-state index contributed by atoms with van der Waals surface area (Å²) >= 11 is 7.53. The Bertz CT molecular complexity index is 716. The van der Waals surface area contributed by atoms with E-state index in [9.17, 15) is 0 Å². The average Bonchev–Trinajstić information content (AvgIpc) is 2.98. The van der Waals surface area contributed by atoms with E-state index in [1.54, 1.807) is 28.3 Å². The molecule has 3 rings (SSSR count). The minimum Gasteiger partial charge on any atom is -0.368 e. The van der Waals surface area contributed by atoms with Gasteiger partial charge in [0.1, 0.15) is 10.8 Å². The number of anilines is 1. The van der Waals surface area contributed by atoms with Crippen LogP contribution in [-0.2, 0) is 13.5 Å². The summed E-state index contributed by atoms with van der Waals surface area (Å²) in [5.41, 5.74) is 8.03. The monoisotopic (exact) mass is 306 g/mol. The number of nitrogens with two attached hydrogens (primary N) is 1. The maximum atomic E-state index is 5.93. The number of halogens is 1. The zero-order chi connectivity index (χ0) is 14.1. The second-order valence-electron chi connectivity index (χ2n) is 4.21. The lowest BCUT2D eigenvalue weighted by atomic mass is 10.1. The Balaban J connectivity index is 2.04. The summed E-state index contributed by atoms with van der Waals surface area (Å²) < 4.78 is 1.74. The molecule has 0 aliphatic heterocycles. The highest BCUT2D eigenvalue weighted by Crippen LogP contribution is 2.25. The number of thiazole rings is 1. The van der Waals surface area contributed by atoms with Crippen molar-refractivity contribution in [2.24, 2.45) is 7.05 Å². The first-order chi connectivity index (χ1) is 9.61. The smallest absolute Gasteiger partial charge is 0.222 e. The summed E-state index contributed by atoms with van der Waals surface area (Å²) in [7, 11) is 1.86. The SMILES string of the molecule is Cn1cc(Cc2nccs2)c(-c2cc(Cl)nc(N)n2)n1. The minimum absolute atomic E-state index is 0.137. The molecule has 0 saturated carbocycles. The van der Waals surface area contributed by atoms with Crippen molar-refractivity contribution < 1.29 is 0 Å². The largest absolute Gasteiger partial charge is 0.368 e. The van der Waals surface area contributed by atoms with Gasteiger partial charge in [-0.3, -0.25) is 4.68 Å². The predicted molar refractivity (Wildman–Crippen MR) is 78.6 cm³/mol. The molecular weight excluding hydrogens is 296 g/mol. The van der Waals surface area contributed by atoms with Crippen LogP contribution in [0.15, 0.2) is 23.8 Å². The Labute approximate surface area is 124 Å². The van der Waals surface area contributed by atoms with E-state index < -0.39 is 0 Å². The topological polar surface area (TPSA) is 82.5 Å². The van der Waals surface area contributed by atoms with Gasteiger partial charge in [0, 0.05) is 42.9 Å². The molecule has 0 radical (unpaired) electrons. The van der Waals surface area contributed by atoms with Crippen molar-refractivity contribution in [3.63, 3.8) is 0 Å². The van der Waals surface area contributed by atoms with E-state index in [0.29, 0.717) is 17.3 Å². The first-order valence-electron chi connectivity index (χ1n) is 5.83. The van der Waals surface area contributed by atoms with Crippen molar-refractivity contribution in [3.8, 4) is 11.4 Å². The summed E-state index contributed by atoms with van der Waals surface area (Å²) in [6.07, 6.45) is 4.43. The second-order valence-corrected chi connectivity index (χ2v) is 5.58. The van der Waals surface area contributed by atoms with Gasteiger partial charge in [0.2, 0.25) is 5.95 Å². The van der Waals surface area contributed by atoms with Crippen molar-refractivity contribution in [2.45, 2.75) is 6.42 Å². The normalized spacial score (nSPS) is 10.9. The van der Waals surface area contributed by atoms with Crippen LogP contribution in [-0.4, -0.2) is 24.7 Å². The van der Waals surface area contributed by atoms with Gasteiger partial charge in [-0.25, -0.2) is 15.0 Å². The molecule has 3 aromatic rings. The summed E-state index contributed by atoms with van der Waals surface area (Å²) in [6, 6.07) is 1.66. The molecule has 3 heterocycles. The van der Waals surface area contributed by atoms with Gasteiger partial charge in [-0.15, -0.1) is 11.3 Å². The molecule has 0 aliphatic carbocycles. The number of aromatic nitrogens is 5. The van der Waals surface area contributed by atoms with Gasteiger partial charge in [-0.2, -0.15) is 5.10 Å². The third kappa shape index (κ3) is 2.63. The van der Waals surface area contributed by atoms with Gasteiger partial charge in [-0.1, -0.05) is 11.6 Å². The van der Waals surface area contributed by atoms with Gasteiger partial charge >= 0.3 is 0 Å². The first kappa shape index (κ1) is 13.0. The lowest BCUT2D eigenvalue weighted by Gasteiger charge is -2.02. The molecule has 0 atom stereocenters. The number of hydrogen-bond donors (Lipinski definition) is 1. The van der Waals surface area contributed by atoms with Crippen LogP contribution < -0.4 is 5.73 Å². The van der Waals surface area contributed by atoms with Crippen LogP contribution in [0.3, 0.4) is 0 Å². The summed E-state index contributed by atoms with van der Waals surface area (Å²) in [5, 5.41) is 7.71. The maximum Gasteiger partial charge on any atom is 0.222 e. The van der Waals surface area contributed by atoms with Crippen LogP contribution in [0, 0.1) is 0 Å². The molecule has 102 valence electrons. The fraction of sp³-hybridized carbons (Fsp3) is 0.167. The molecule has 0 fully saturated rings. The standard InChI is InChI=1S/C12H11ClN6S/c1-19-6-7(4-10-15-2-3-20-10)11(18-19)8-5-9(13)17-12(14)16-8/h2-3,5-6H,4H2,1H3,(H2,14,16,17). The van der Waals surface area contributed by atoms with E-state index in [1.807, 2.05) is 18.6 Å². The highest BCUT2D eigenvalue weighted by molar-refractivity contribution is 7.09. The van der Waals surface area contributed by atoms with Crippen LogP contribution in [0.25, 0.3) is 11.4 Å². The molecule has 6 nitrogen and oxygen atoms in total. The zero-order valence-corrected chi connectivity index (χ0v) is 12.2. The Hall–Kier alpha value is -1.99. The number of nitrogen functional groups attached to an aromatic ring is 1. The third-order valence-corrected chi connectivity index (χ3v) is 3.66. The Morgan fingerprint density at radius 1 is 1.40 bits per heavy atom.